The van der Waals surface area contributed by atoms with Crippen LogP contribution in [0, 0.1) is 6.92 Å². The van der Waals surface area contributed by atoms with E-state index in [1.165, 1.54) is 5.56 Å². The highest BCUT2D eigenvalue weighted by Gasteiger charge is 2.34. The van der Waals surface area contributed by atoms with Gasteiger partial charge in [0, 0.05) is 25.1 Å². The monoisotopic (exact) mass is 407 g/mol. The Hall–Kier alpha value is -3.35. The van der Waals surface area contributed by atoms with Crippen LogP contribution in [0.2, 0.25) is 0 Å². The van der Waals surface area contributed by atoms with Crippen LogP contribution in [-0.4, -0.2) is 48.3 Å². The average Bonchev–Trinajstić information content (AvgIpc) is 3.39. The number of ether oxygens (including phenoxy) is 2. The molecule has 0 radical (unpaired) electrons. The Labute approximate surface area is 175 Å². The Morgan fingerprint density at radius 2 is 1.87 bits per heavy atom. The molecular formula is C23H25N3O4. The van der Waals surface area contributed by atoms with Gasteiger partial charge in [0.05, 0.1) is 20.1 Å². The van der Waals surface area contributed by atoms with E-state index in [-0.39, 0.29) is 11.8 Å². The molecule has 4 rings (SSSR count). The Kier molecular flexibility index (Phi) is 5.70. The summed E-state index contributed by atoms with van der Waals surface area (Å²) in [6, 6.07) is 13.8. The predicted octanol–water partition coefficient (Wildman–Crippen LogP) is 3.62. The topological polar surface area (TPSA) is 77.7 Å². The maximum atomic E-state index is 12.5. The number of amides is 1. The molecule has 0 spiro atoms. The summed E-state index contributed by atoms with van der Waals surface area (Å²) in [6.07, 6.45) is 1.12. The molecule has 156 valence electrons. The van der Waals surface area contributed by atoms with Crippen LogP contribution in [0.1, 0.15) is 29.4 Å². The molecule has 7 heteroatoms. The second-order valence-corrected chi connectivity index (χ2v) is 7.50. The number of benzene rings is 2. The quantitative estimate of drug-likeness (QED) is 0.595. The van der Waals surface area contributed by atoms with Gasteiger partial charge in [-0.2, -0.15) is 4.98 Å². The maximum Gasteiger partial charge on any atom is 0.232 e. The number of carbonyl (C=O) groups excluding carboxylic acids is 1. The fourth-order valence-corrected chi connectivity index (χ4v) is 3.67. The molecule has 30 heavy (non-hydrogen) atoms. The minimum Gasteiger partial charge on any atom is -0.493 e. The van der Waals surface area contributed by atoms with E-state index in [1.54, 1.807) is 14.2 Å². The van der Waals surface area contributed by atoms with Crippen LogP contribution in [0.15, 0.2) is 47.0 Å². The molecule has 0 bridgehead atoms. The lowest BCUT2D eigenvalue weighted by Crippen LogP contribution is -2.27. The number of hydrogen-bond donors (Lipinski definition) is 0. The zero-order valence-electron chi connectivity index (χ0n) is 17.4. The van der Waals surface area contributed by atoms with E-state index >= 15 is 0 Å². The van der Waals surface area contributed by atoms with E-state index in [1.807, 2.05) is 54.3 Å². The van der Waals surface area contributed by atoms with Crippen LogP contribution in [0.25, 0.3) is 11.4 Å². The third-order valence-corrected chi connectivity index (χ3v) is 5.43. The fourth-order valence-electron chi connectivity index (χ4n) is 3.67. The minimum absolute atomic E-state index is 0.0744. The van der Waals surface area contributed by atoms with Crippen molar-refractivity contribution < 1.29 is 18.8 Å². The summed E-state index contributed by atoms with van der Waals surface area (Å²) in [5.41, 5.74) is 3.17. The lowest BCUT2D eigenvalue weighted by atomic mass is 10.1. The first-order chi connectivity index (χ1) is 14.6. The summed E-state index contributed by atoms with van der Waals surface area (Å²) < 4.78 is 16.1. The number of aryl methyl sites for hydroxylation is 1. The Bertz CT molecular complexity index is 1030. The lowest BCUT2D eigenvalue weighted by molar-refractivity contribution is -0.127. The van der Waals surface area contributed by atoms with Crippen molar-refractivity contribution in [2.45, 2.75) is 25.7 Å². The zero-order valence-corrected chi connectivity index (χ0v) is 17.4. The number of hydrogen-bond acceptors (Lipinski definition) is 6. The highest BCUT2D eigenvalue weighted by Crippen LogP contribution is 2.30. The molecule has 7 nitrogen and oxygen atoms in total. The van der Waals surface area contributed by atoms with Gasteiger partial charge in [0.25, 0.3) is 0 Å². The number of likely N-dealkylation sites (tertiary alicyclic amines) is 1. The normalized spacial score (nSPS) is 16.2. The summed E-state index contributed by atoms with van der Waals surface area (Å²) in [6.45, 7) is 3.25. The molecule has 1 aliphatic heterocycles. The molecule has 3 aromatic rings. The van der Waals surface area contributed by atoms with Crippen LogP contribution in [0.4, 0.5) is 0 Å². The van der Waals surface area contributed by atoms with Crippen molar-refractivity contribution in [2.75, 3.05) is 27.3 Å². The van der Waals surface area contributed by atoms with Crippen molar-refractivity contribution in [2.24, 2.45) is 0 Å². The Morgan fingerprint density at radius 1 is 1.10 bits per heavy atom. The molecule has 1 unspecified atom stereocenters. The number of aromatic nitrogens is 2. The largest absolute Gasteiger partial charge is 0.493 e. The van der Waals surface area contributed by atoms with Gasteiger partial charge in [-0.25, -0.2) is 0 Å². The molecule has 1 amide bonds. The molecule has 2 aromatic carbocycles. The smallest absolute Gasteiger partial charge is 0.232 e. The highest BCUT2D eigenvalue weighted by atomic mass is 16.5. The molecule has 0 saturated carbocycles. The zero-order chi connectivity index (χ0) is 21.1. The minimum atomic E-state index is -0.0744. The van der Waals surface area contributed by atoms with Crippen LogP contribution < -0.4 is 9.47 Å². The molecule has 1 fully saturated rings. The number of rotatable bonds is 7. The molecule has 0 N–H and O–H groups in total. The van der Waals surface area contributed by atoms with Gasteiger partial charge in [-0.15, -0.1) is 0 Å². The highest BCUT2D eigenvalue weighted by molar-refractivity contribution is 5.79. The standard InChI is InChI=1S/C23H25N3O4/c1-15-4-7-17(8-5-15)22-24-23(30-25-22)18-13-21(27)26(14-18)11-10-16-6-9-19(28-2)20(12-16)29-3/h4-9,12,18H,10-11,13-14H2,1-3H3. The van der Waals surface area contributed by atoms with Gasteiger partial charge >= 0.3 is 0 Å². The third-order valence-electron chi connectivity index (χ3n) is 5.43. The lowest BCUT2D eigenvalue weighted by Gasteiger charge is -2.16. The van der Waals surface area contributed by atoms with Crippen LogP contribution in [0.5, 0.6) is 11.5 Å². The third kappa shape index (κ3) is 4.15. The summed E-state index contributed by atoms with van der Waals surface area (Å²) in [4.78, 5) is 18.9. The average molecular weight is 407 g/mol. The molecule has 2 heterocycles. The van der Waals surface area contributed by atoms with Crippen molar-refractivity contribution >= 4 is 5.91 Å². The second-order valence-electron chi connectivity index (χ2n) is 7.50. The second kappa shape index (κ2) is 8.57. The summed E-state index contributed by atoms with van der Waals surface area (Å²) in [5.74, 6) is 2.49. The van der Waals surface area contributed by atoms with E-state index in [2.05, 4.69) is 10.1 Å². The van der Waals surface area contributed by atoms with Crippen LogP contribution >= 0.6 is 0 Å². The molecule has 1 atom stereocenters. The van der Waals surface area contributed by atoms with Crippen molar-refractivity contribution in [3.8, 4) is 22.9 Å². The van der Waals surface area contributed by atoms with E-state index in [0.29, 0.717) is 42.7 Å². The van der Waals surface area contributed by atoms with Crippen molar-refractivity contribution in [3.63, 3.8) is 0 Å². The van der Waals surface area contributed by atoms with Gasteiger partial charge in [0.15, 0.2) is 11.5 Å². The van der Waals surface area contributed by atoms with Crippen LogP contribution in [0.3, 0.4) is 0 Å². The van der Waals surface area contributed by atoms with Gasteiger partial charge in [-0.1, -0.05) is 41.1 Å². The van der Waals surface area contributed by atoms with Gasteiger partial charge in [0.1, 0.15) is 0 Å². The van der Waals surface area contributed by atoms with Crippen molar-refractivity contribution in [3.05, 3.63) is 59.5 Å². The first-order valence-corrected chi connectivity index (χ1v) is 9.96. The predicted molar refractivity (Wildman–Crippen MR) is 112 cm³/mol. The number of carbonyl (C=O) groups is 1. The van der Waals surface area contributed by atoms with Gasteiger partial charge in [-0.3, -0.25) is 4.79 Å². The van der Waals surface area contributed by atoms with E-state index in [9.17, 15) is 4.79 Å². The Morgan fingerprint density at radius 3 is 2.60 bits per heavy atom. The summed E-state index contributed by atoms with van der Waals surface area (Å²) in [7, 11) is 3.23. The van der Waals surface area contributed by atoms with Crippen LogP contribution in [-0.2, 0) is 11.2 Å². The van der Waals surface area contributed by atoms with E-state index in [4.69, 9.17) is 14.0 Å². The van der Waals surface area contributed by atoms with Crippen molar-refractivity contribution in [1.29, 1.82) is 0 Å². The van der Waals surface area contributed by atoms with Gasteiger partial charge < -0.3 is 18.9 Å². The van der Waals surface area contributed by atoms with Crippen molar-refractivity contribution in [1.82, 2.24) is 15.0 Å². The maximum absolute atomic E-state index is 12.5. The van der Waals surface area contributed by atoms with Gasteiger partial charge in [-0.05, 0) is 31.0 Å². The molecular weight excluding hydrogens is 382 g/mol. The molecule has 1 saturated heterocycles. The SMILES string of the molecule is COc1ccc(CCN2CC(c3nc(-c4ccc(C)cc4)no3)CC2=O)cc1OC. The van der Waals surface area contributed by atoms with Gasteiger partial charge in [0.2, 0.25) is 17.6 Å². The number of methoxy groups -OCH3 is 2. The molecule has 0 aliphatic carbocycles. The first kappa shape index (κ1) is 19.9. The molecule has 1 aliphatic rings. The first-order valence-electron chi connectivity index (χ1n) is 9.96. The van der Waals surface area contributed by atoms with E-state index < -0.39 is 0 Å². The molecule has 1 aromatic heterocycles. The fraction of sp³-hybridized carbons (Fsp3) is 0.348. The van der Waals surface area contributed by atoms with E-state index in [0.717, 1.165) is 17.5 Å². The summed E-state index contributed by atoms with van der Waals surface area (Å²) >= 11 is 0. The summed E-state index contributed by atoms with van der Waals surface area (Å²) in [5, 5.41) is 4.10. The Balaban J connectivity index is 1.39. The number of nitrogens with zero attached hydrogens (tertiary/aromatic N) is 3.